The van der Waals surface area contributed by atoms with Gasteiger partial charge in [0.15, 0.2) is 0 Å². The minimum Gasteiger partial charge on any atom is -0.393 e. The zero-order valence-electron chi connectivity index (χ0n) is 17.0. The van der Waals surface area contributed by atoms with E-state index in [4.69, 9.17) is 11.6 Å². The van der Waals surface area contributed by atoms with Crippen LogP contribution in [0.1, 0.15) is 47.4 Å². The first kappa shape index (κ1) is 21.0. The number of nitriles is 1. The summed E-state index contributed by atoms with van der Waals surface area (Å²) in [4.78, 5) is 17.2. The van der Waals surface area contributed by atoms with Crippen LogP contribution in [0.4, 0.5) is 5.69 Å². The van der Waals surface area contributed by atoms with E-state index >= 15 is 0 Å². The third kappa shape index (κ3) is 4.18. The Bertz CT molecular complexity index is 1120. The van der Waals surface area contributed by atoms with Crippen LogP contribution in [0.5, 0.6) is 0 Å². The Morgan fingerprint density at radius 1 is 1.23 bits per heavy atom. The van der Waals surface area contributed by atoms with Crippen molar-refractivity contribution >= 4 is 23.2 Å². The minimum atomic E-state index is -0.682. The normalized spacial score (nSPS) is 20.8. The molecule has 1 aliphatic rings. The lowest BCUT2D eigenvalue weighted by Gasteiger charge is -2.32. The van der Waals surface area contributed by atoms with E-state index < -0.39 is 5.41 Å². The van der Waals surface area contributed by atoms with E-state index in [-0.39, 0.29) is 12.0 Å². The van der Waals surface area contributed by atoms with Crippen molar-refractivity contribution in [3.8, 4) is 11.8 Å². The number of halogens is 1. The van der Waals surface area contributed by atoms with Crippen LogP contribution in [0, 0.1) is 18.3 Å². The Balaban J connectivity index is 1.49. The number of rotatable bonds is 4. The second-order valence-corrected chi connectivity index (χ2v) is 8.28. The number of carbonyl (C=O) groups is 1. The van der Waals surface area contributed by atoms with Crippen molar-refractivity contribution in [1.82, 2.24) is 14.8 Å². The summed E-state index contributed by atoms with van der Waals surface area (Å²) < 4.78 is 1.68. The smallest absolute Gasteiger partial charge is 0.259 e. The van der Waals surface area contributed by atoms with E-state index in [1.165, 1.54) is 6.20 Å². The van der Waals surface area contributed by atoms with E-state index in [0.717, 1.165) is 5.69 Å². The second kappa shape index (κ2) is 8.50. The molecule has 1 aliphatic carbocycles. The first-order chi connectivity index (χ1) is 14.9. The van der Waals surface area contributed by atoms with Gasteiger partial charge in [0.2, 0.25) is 0 Å². The maximum atomic E-state index is 12.8. The number of amides is 1. The molecule has 2 heterocycles. The van der Waals surface area contributed by atoms with Crippen LogP contribution in [-0.4, -0.2) is 31.9 Å². The van der Waals surface area contributed by atoms with Gasteiger partial charge in [-0.05, 0) is 69.0 Å². The van der Waals surface area contributed by atoms with Gasteiger partial charge < -0.3 is 10.4 Å². The molecule has 1 aromatic carbocycles. The molecule has 0 spiro atoms. The number of nitrogens with one attached hydrogen (secondary N) is 1. The lowest BCUT2D eigenvalue weighted by Crippen LogP contribution is -2.33. The van der Waals surface area contributed by atoms with Crippen molar-refractivity contribution < 1.29 is 9.90 Å². The van der Waals surface area contributed by atoms with Crippen molar-refractivity contribution in [3.05, 3.63) is 70.8 Å². The molecule has 2 aromatic heterocycles. The third-order valence-electron chi connectivity index (χ3n) is 5.86. The summed E-state index contributed by atoms with van der Waals surface area (Å²) >= 11 is 5.94. The van der Waals surface area contributed by atoms with Crippen LogP contribution in [0.2, 0.25) is 5.02 Å². The number of aromatic nitrogens is 3. The van der Waals surface area contributed by atoms with Gasteiger partial charge in [0.1, 0.15) is 0 Å². The molecule has 1 saturated carbocycles. The molecule has 2 N–H and O–H groups in total. The van der Waals surface area contributed by atoms with Crippen molar-refractivity contribution in [2.45, 2.75) is 44.1 Å². The molecule has 3 aromatic rings. The van der Waals surface area contributed by atoms with Crippen molar-refractivity contribution in [1.29, 1.82) is 5.26 Å². The molecule has 31 heavy (non-hydrogen) atoms. The van der Waals surface area contributed by atoms with E-state index in [1.807, 2.05) is 19.1 Å². The Morgan fingerprint density at radius 3 is 2.55 bits per heavy atom. The van der Waals surface area contributed by atoms with Gasteiger partial charge in [-0.3, -0.25) is 9.78 Å². The highest BCUT2D eigenvalue weighted by molar-refractivity contribution is 6.30. The van der Waals surface area contributed by atoms with Gasteiger partial charge in [-0.25, -0.2) is 4.68 Å². The van der Waals surface area contributed by atoms with Gasteiger partial charge in [0.05, 0.1) is 58.3 Å². The fourth-order valence-corrected chi connectivity index (χ4v) is 4.07. The van der Waals surface area contributed by atoms with Crippen LogP contribution in [-0.2, 0) is 5.41 Å². The molecule has 0 aliphatic heterocycles. The molecule has 4 rings (SSSR count). The zero-order chi connectivity index (χ0) is 22.0. The highest BCUT2D eigenvalue weighted by Gasteiger charge is 2.37. The zero-order valence-corrected chi connectivity index (χ0v) is 17.8. The highest BCUT2D eigenvalue weighted by Crippen LogP contribution is 2.38. The molecule has 0 unspecified atom stereocenters. The maximum Gasteiger partial charge on any atom is 0.259 e. The number of hydrogen-bond donors (Lipinski definition) is 2. The summed E-state index contributed by atoms with van der Waals surface area (Å²) in [5.41, 5.74) is 2.50. The number of aliphatic hydroxyl groups is 1. The number of aliphatic hydroxyl groups excluding tert-OH is 1. The van der Waals surface area contributed by atoms with Gasteiger partial charge in [0, 0.05) is 5.02 Å². The summed E-state index contributed by atoms with van der Waals surface area (Å²) in [7, 11) is 0. The van der Waals surface area contributed by atoms with Crippen LogP contribution in [0.3, 0.4) is 0 Å². The monoisotopic (exact) mass is 435 g/mol. The molecule has 1 fully saturated rings. The maximum absolute atomic E-state index is 12.8. The molecular weight excluding hydrogens is 414 g/mol. The second-order valence-electron chi connectivity index (χ2n) is 7.84. The quantitative estimate of drug-likeness (QED) is 0.639. The predicted molar refractivity (Wildman–Crippen MR) is 117 cm³/mol. The Labute approximate surface area is 185 Å². The summed E-state index contributed by atoms with van der Waals surface area (Å²) in [6.07, 6.45) is 5.07. The number of pyridine rings is 1. The molecule has 1 amide bonds. The van der Waals surface area contributed by atoms with Crippen LogP contribution < -0.4 is 5.32 Å². The molecule has 0 atom stereocenters. The molecule has 0 bridgehead atoms. The molecule has 8 heteroatoms. The van der Waals surface area contributed by atoms with Crippen LogP contribution in [0.25, 0.3) is 5.69 Å². The molecule has 0 radical (unpaired) electrons. The Kier molecular flexibility index (Phi) is 5.77. The van der Waals surface area contributed by atoms with Crippen molar-refractivity contribution in [2.24, 2.45) is 0 Å². The first-order valence-corrected chi connectivity index (χ1v) is 10.5. The van der Waals surface area contributed by atoms with Gasteiger partial charge in [0.25, 0.3) is 5.91 Å². The molecule has 158 valence electrons. The SMILES string of the molecule is Cc1c(C(=O)Nc2ccc([C@]3(C#N)CC[C@@H](O)CC3)nc2)cnn1-c1ccc(Cl)cc1. The summed E-state index contributed by atoms with van der Waals surface area (Å²) in [5.74, 6) is -0.289. The van der Waals surface area contributed by atoms with E-state index in [9.17, 15) is 15.2 Å². The van der Waals surface area contributed by atoms with Crippen molar-refractivity contribution in [2.75, 3.05) is 5.32 Å². The average Bonchev–Trinajstić information content (AvgIpc) is 3.17. The molecule has 0 saturated heterocycles. The Hall–Kier alpha value is -3.21. The topological polar surface area (TPSA) is 104 Å². The lowest BCUT2D eigenvalue weighted by molar-refractivity contribution is 0.102. The van der Waals surface area contributed by atoms with E-state index in [0.29, 0.717) is 53.3 Å². The van der Waals surface area contributed by atoms with Gasteiger partial charge in [-0.1, -0.05) is 11.6 Å². The number of nitrogens with zero attached hydrogens (tertiary/aromatic N) is 4. The van der Waals surface area contributed by atoms with Crippen molar-refractivity contribution in [3.63, 3.8) is 0 Å². The fraction of sp³-hybridized carbons (Fsp3) is 0.304. The number of anilines is 1. The summed E-state index contributed by atoms with van der Waals surface area (Å²) in [6.45, 7) is 1.83. The van der Waals surface area contributed by atoms with Crippen LogP contribution >= 0.6 is 11.6 Å². The first-order valence-electron chi connectivity index (χ1n) is 10.1. The van der Waals surface area contributed by atoms with Gasteiger partial charge in [-0.2, -0.15) is 10.4 Å². The molecule has 7 nitrogen and oxygen atoms in total. The van der Waals surface area contributed by atoms with E-state index in [2.05, 4.69) is 21.5 Å². The minimum absolute atomic E-state index is 0.289. The van der Waals surface area contributed by atoms with Crippen LogP contribution in [0.15, 0.2) is 48.8 Å². The summed E-state index contributed by atoms with van der Waals surface area (Å²) in [5, 5.41) is 27.3. The standard InChI is InChI=1S/C23H22ClN5O2/c1-15-20(13-27-29(15)18-5-2-16(24)3-6-18)22(31)28-17-4-7-21(26-12-17)23(14-25)10-8-19(30)9-11-23/h2-7,12-13,19,30H,8-11H2,1H3,(H,28,31)/t19-,23-. The lowest BCUT2D eigenvalue weighted by atomic mass is 9.72. The van der Waals surface area contributed by atoms with Gasteiger partial charge >= 0.3 is 0 Å². The fourth-order valence-electron chi connectivity index (χ4n) is 3.95. The third-order valence-corrected chi connectivity index (χ3v) is 6.11. The summed E-state index contributed by atoms with van der Waals surface area (Å²) in [6, 6.07) is 13.1. The van der Waals surface area contributed by atoms with Gasteiger partial charge in [-0.15, -0.1) is 0 Å². The Morgan fingerprint density at radius 2 is 1.94 bits per heavy atom. The number of benzene rings is 1. The number of hydrogen-bond acceptors (Lipinski definition) is 5. The predicted octanol–water partition coefficient (Wildman–Crippen LogP) is 4.18. The highest BCUT2D eigenvalue weighted by atomic mass is 35.5. The average molecular weight is 436 g/mol. The number of carbonyl (C=O) groups excluding carboxylic acids is 1. The largest absolute Gasteiger partial charge is 0.393 e. The molecular formula is C23H22ClN5O2. The van der Waals surface area contributed by atoms with E-state index in [1.54, 1.807) is 35.1 Å².